The van der Waals surface area contributed by atoms with E-state index in [2.05, 4.69) is 23.2 Å². The summed E-state index contributed by atoms with van der Waals surface area (Å²) in [5.41, 5.74) is 5.16. The molecule has 2 aromatic rings. The fourth-order valence-corrected chi connectivity index (χ4v) is 4.15. The van der Waals surface area contributed by atoms with E-state index in [9.17, 15) is 5.11 Å². The van der Waals surface area contributed by atoms with Crippen LogP contribution in [0.2, 0.25) is 0 Å². The molecule has 0 aliphatic heterocycles. The van der Waals surface area contributed by atoms with Crippen LogP contribution in [0.5, 0.6) is 0 Å². The van der Waals surface area contributed by atoms with E-state index < -0.39 is 0 Å². The lowest BCUT2D eigenvalue weighted by atomic mass is 9.83. The number of nitrogens with one attached hydrogen (secondary N) is 1. The number of aromatic amines is 1. The maximum atomic E-state index is 10.1. The van der Waals surface area contributed by atoms with Crippen LogP contribution in [0.3, 0.4) is 0 Å². The number of benzene rings is 1. The van der Waals surface area contributed by atoms with Gasteiger partial charge in [-0.2, -0.15) is 0 Å². The maximum Gasteiger partial charge on any atom is 0.0941 e. The van der Waals surface area contributed by atoms with Crippen LogP contribution in [0.4, 0.5) is 0 Å². The van der Waals surface area contributed by atoms with E-state index in [0.717, 1.165) is 30.9 Å². The molecule has 0 bridgehead atoms. The SMILES string of the molecule is O[C@H]1CCCc2c1[nH]c1ccc(C3CCCCC3)cc21. The Hall–Kier alpha value is -1.28. The monoisotopic (exact) mass is 269 g/mol. The zero-order valence-corrected chi connectivity index (χ0v) is 12.0. The molecule has 1 aromatic heterocycles. The second-order valence-corrected chi connectivity index (χ2v) is 6.57. The highest BCUT2D eigenvalue weighted by atomic mass is 16.3. The molecule has 1 aromatic carbocycles. The zero-order chi connectivity index (χ0) is 13.5. The lowest BCUT2D eigenvalue weighted by Gasteiger charge is -2.22. The Morgan fingerprint density at radius 1 is 1.00 bits per heavy atom. The first kappa shape index (κ1) is 12.5. The van der Waals surface area contributed by atoms with Gasteiger partial charge in [-0.1, -0.05) is 25.3 Å². The molecule has 2 aliphatic rings. The lowest BCUT2D eigenvalue weighted by Crippen LogP contribution is -2.08. The smallest absolute Gasteiger partial charge is 0.0941 e. The van der Waals surface area contributed by atoms with Crippen molar-refractivity contribution in [1.29, 1.82) is 0 Å². The van der Waals surface area contributed by atoms with Gasteiger partial charge < -0.3 is 10.1 Å². The van der Waals surface area contributed by atoms with Crippen molar-refractivity contribution in [2.75, 3.05) is 0 Å². The van der Waals surface area contributed by atoms with Crippen molar-refractivity contribution in [1.82, 2.24) is 4.98 Å². The topological polar surface area (TPSA) is 36.0 Å². The molecule has 106 valence electrons. The van der Waals surface area contributed by atoms with Gasteiger partial charge in [0.15, 0.2) is 0 Å². The second kappa shape index (κ2) is 4.92. The zero-order valence-electron chi connectivity index (χ0n) is 12.0. The van der Waals surface area contributed by atoms with Crippen molar-refractivity contribution < 1.29 is 5.11 Å². The van der Waals surface area contributed by atoms with Crippen molar-refractivity contribution in [3.8, 4) is 0 Å². The van der Waals surface area contributed by atoms with E-state index in [0.29, 0.717) is 0 Å². The molecule has 4 rings (SSSR count). The van der Waals surface area contributed by atoms with E-state index in [1.807, 2.05) is 0 Å². The number of rotatable bonds is 1. The van der Waals surface area contributed by atoms with Gasteiger partial charge in [0.05, 0.1) is 6.10 Å². The van der Waals surface area contributed by atoms with Crippen molar-refractivity contribution in [2.45, 2.75) is 63.4 Å². The molecule has 1 saturated carbocycles. The van der Waals surface area contributed by atoms with Gasteiger partial charge in [-0.3, -0.25) is 0 Å². The van der Waals surface area contributed by atoms with Gasteiger partial charge in [0.25, 0.3) is 0 Å². The van der Waals surface area contributed by atoms with E-state index in [1.54, 1.807) is 0 Å². The highest BCUT2D eigenvalue weighted by Gasteiger charge is 2.23. The van der Waals surface area contributed by atoms with E-state index in [-0.39, 0.29) is 6.10 Å². The summed E-state index contributed by atoms with van der Waals surface area (Å²) >= 11 is 0. The summed E-state index contributed by atoms with van der Waals surface area (Å²) in [5.74, 6) is 0.757. The molecule has 1 atom stereocenters. The van der Waals surface area contributed by atoms with E-state index in [1.165, 1.54) is 54.1 Å². The summed E-state index contributed by atoms with van der Waals surface area (Å²) < 4.78 is 0. The largest absolute Gasteiger partial charge is 0.387 e. The number of aliphatic hydroxyl groups excluding tert-OH is 1. The highest BCUT2D eigenvalue weighted by molar-refractivity contribution is 5.86. The Labute approximate surface area is 120 Å². The molecule has 0 spiro atoms. The molecule has 2 heteroatoms. The summed E-state index contributed by atoms with van der Waals surface area (Å²) in [5, 5.41) is 11.5. The van der Waals surface area contributed by atoms with Gasteiger partial charge >= 0.3 is 0 Å². The molecule has 0 radical (unpaired) electrons. The van der Waals surface area contributed by atoms with Gasteiger partial charge in [-0.15, -0.1) is 0 Å². The van der Waals surface area contributed by atoms with Gasteiger partial charge in [-0.25, -0.2) is 0 Å². The summed E-state index contributed by atoms with van der Waals surface area (Å²) in [4.78, 5) is 3.45. The Morgan fingerprint density at radius 2 is 1.85 bits per heavy atom. The fourth-order valence-electron chi connectivity index (χ4n) is 4.15. The minimum atomic E-state index is -0.288. The summed E-state index contributed by atoms with van der Waals surface area (Å²) in [6.45, 7) is 0. The molecule has 20 heavy (non-hydrogen) atoms. The van der Waals surface area contributed by atoms with Gasteiger partial charge in [0.1, 0.15) is 0 Å². The lowest BCUT2D eigenvalue weighted by molar-refractivity contribution is 0.153. The molecular formula is C18H23NO. The third-order valence-corrected chi connectivity index (χ3v) is 5.28. The fraction of sp³-hybridized carbons (Fsp3) is 0.556. The van der Waals surface area contributed by atoms with E-state index >= 15 is 0 Å². The summed E-state index contributed by atoms with van der Waals surface area (Å²) in [6, 6.07) is 6.93. The van der Waals surface area contributed by atoms with Crippen LogP contribution in [0.15, 0.2) is 18.2 Å². The van der Waals surface area contributed by atoms with Gasteiger partial charge in [0.2, 0.25) is 0 Å². The standard InChI is InChI=1S/C18H23NO/c20-17-8-4-7-14-15-11-13(12-5-2-1-3-6-12)9-10-16(15)19-18(14)17/h9-12,17,19-20H,1-8H2/t17-/m0/s1. The van der Waals surface area contributed by atoms with Crippen LogP contribution < -0.4 is 0 Å². The maximum absolute atomic E-state index is 10.1. The molecule has 2 N–H and O–H groups in total. The summed E-state index contributed by atoms with van der Waals surface area (Å²) in [7, 11) is 0. The van der Waals surface area contributed by atoms with Crippen LogP contribution in [0.1, 0.15) is 73.8 Å². The molecular weight excluding hydrogens is 246 g/mol. The summed E-state index contributed by atoms with van der Waals surface area (Å²) in [6.07, 6.45) is 9.69. The predicted octanol–water partition coefficient (Wildman–Crippen LogP) is 4.59. The van der Waals surface area contributed by atoms with Crippen LogP contribution in [0, 0.1) is 0 Å². The number of hydrogen-bond donors (Lipinski definition) is 2. The van der Waals surface area contributed by atoms with Gasteiger partial charge in [0, 0.05) is 16.6 Å². The number of hydrogen-bond acceptors (Lipinski definition) is 1. The van der Waals surface area contributed by atoms with Crippen molar-refractivity contribution >= 4 is 10.9 Å². The number of H-pyrrole nitrogens is 1. The normalized spacial score (nSPS) is 23.9. The molecule has 2 nitrogen and oxygen atoms in total. The van der Waals surface area contributed by atoms with E-state index in [4.69, 9.17) is 0 Å². The quantitative estimate of drug-likeness (QED) is 0.780. The van der Waals surface area contributed by atoms with Crippen molar-refractivity contribution in [2.24, 2.45) is 0 Å². The molecule has 1 fully saturated rings. The first-order valence-corrected chi connectivity index (χ1v) is 8.15. The first-order chi connectivity index (χ1) is 9.83. The Kier molecular flexibility index (Phi) is 3.07. The Bertz CT molecular complexity index is 622. The van der Waals surface area contributed by atoms with Crippen molar-refractivity contribution in [3.63, 3.8) is 0 Å². The molecule has 2 aliphatic carbocycles. The third kappa shape index (κ3) is 1.98. The number of aromatic nitrogens is 1. The molecule has 0 saturated heterocycles. The van der Waals surface area contributed by atoms with Crippen LogP contribution >= 0.6 is 0 Å². The molecule has 0 unspecified atom stereocenters. The minimum Gasteiger partial charge on any atom is -0.387 e. The Balaban J connectivity index is 1.78. The van der Waals surface area contributed by atoms with Crippen LogP contribution in [-0.2, 0) is 6.42 Å². The van der Waals surface area contributed by atoms with Crippen LogP contribution in [0.25, 0.3) is 10.9 Å². The number of fused-ring (bicyclic) bond motifs is 3. The van der Waals surface area contributed by atoms with Crippen LogP contribution in [-0.4, -0.2) is 10.1 Å². The molecule has 1 heterocycles. The predicted molar refractivity (Wildman–Crippen MR) is 82.0 cm³/mol. The van der Waals surface area contributed by atoms with Crippen molar-refractivity contribution in [3.05, 3.63) is 35.0 Å². The first-order valence-electron chi connectivity index (χ1n) is 8.15. The third-order valence-electron chi connectivity index (χ3n) is 5.28. The molecule has 0 amide bonds. The van der Waals surface area contributed by atoms with Gasteiger partial charge in [-0.05, 0) is 61.3 Å². The number of aryl methyl sites for hydroxylation is 1. The number of aliphatic hydroxyl groups is 1. The Morgan fingerprint density at radius 3 is 2.70 bits per heavy atom. The minimum absolute atomic E-state index is 0.288. The highest BCUT2D eigenvalue weighted by Crippen LogP contribution is 2.38. The average Bonchev–Trinajstić information content (AvgIpc) is 2.88. The second-order valence-electron chi connectivity index (χ2n) is 6.57. The average molecular weight is 269 g/mol.